The van der Waals surface area contributed by atoms with E-state index in [1.54, 1.807) is 0 Å². The van der Waals surface area contributed by atoms with Gasteiger partial charge in [0, 0.05) is 17.6 Å². The first kappa shape index (κ1) is 19.8. The van der Waals surface area contributed by atoms with E-state index in [0.717, 1.165) is 13.0 Å². The van der Waals surface area contributed by atoms with Crippen molar-refractivity contribution < 1.29 is 4.79 Å². The fraction of sp³-hybridized carbons (Fsp3) is 0.750. The molecule has 0 aromatic rings. The topological polar surface area (TPSA) is 23.6 Å². The largest absolute Gasteiger partial charge is 0.321 e. The summed E-state index contributed by atoms with van der Waals surface area (Å²) in [5.74, 6) is 0. The molecule has 0 radical (unpaired) electrons. The molecule has 23 heavy (non-hydrogen) atoms. The molecule has 1 saturated heterocycles. The summed E-state index contributed by atoms with van der Waals surface area (Å²) in [7, 11) is 0. The third-order valence-electron chi connectivity index (χ3n) is 4.23. The minimum Gasteiger partial charge on any atom is -0.317 e. The fourth-order valence-electron chi connectivity index (χ4n) is 2.99. The second-order valence-electron chi connectivity index (χ2n) is 8.48. The van der Waals surface area contributed by atoms with Crippen molar-refractivity contribution in [1.29, 1.82) is 0 Å². The van der Waals surface area contributed by atoms with Gasteiger partial charge in [0.25, 0.3) is 0 Å². The van der Waals surface area contributed by atoms with Crippen molar-refractivity contribution in [3.8, 4) is 0 Å². The standard InChI is InChI=1S/C20H36N2O/c1-8-9-10-11-12-13-14-15-17-16-21(19(2,3)4)18(23)22(17)20(5,6)7/h12-15,17H,8-11,16H2,1-7H3/b13-12+,15-14+. The third-order valence-corrected chi connectivity index (χ3v) is 4.23. The number of allylic oxidation sites excluding steroid dienone is 3. The van der Waals surface area contributed by atoms with Crippen LogP contribution in [-0.2, 0) is 0 Å². The van der Waals surface area contributed by atoms with Gasteiger partial charge in [0.15, 0.2) is 0 Å². The Bertz CT molecular complexity index is 438. The molecule has 1 fully saturated rings. The van der Waals surface area contributed by atoms with Crippen molar-refractivity contribution in [2.45, 2.75) is 91.3 Å². The van der Waals surface area contributed by atoms with E-state index in [1.807, 2.05) is 9.80 Å². The molecule has 1 atom stereocenters. The first-order chi connectivity index (χ1) is 10.6. The molecular weight excluding hydrogens is 284 g/mol. The Morgan fingerprint density at radius 2 is 1.70 bits per heavy atom. The summed E-state index contributed by atoms with van der Waals surface area (Å²) in [6, 6.07) is 0.286. The van der Waals surface area contributed by atoms with Gasteiger partial charge >= 0.3 is 6.03 Å². The molecular formula is C20H36N2O. The highest BCUT2D eigenvalue weighted by Crippen LogP contribution is 2.31. The number of unbranched alkanes of at least 4 members (excludes halogenated alkanes) is 3. The summed E-state index contributed by atoms with van der Waals surface area (Å²) in [6.07, 6.45) is 13.6. The predicted molar refractivity (Wildman–Crippen MR) is 99.7 cm³/mol. The molecule has 1 aliphatic rings. The van der Waals surface area contributed by atoms with Crippen molar-refractivity contribution in [2.24, 2.45) is 0 Å². The zero-order valence-corrected chi connectivity index (χ0v) is 16.2. The van der Waals surface area contributed by atoms with Gasteiger partial charge in [-0.1, -0.05) is 44.1 Å². The van der Waals surface area contributed by atoms with Crippen LogP contribution in [0.2, 0.25) is 0 Å². The number of rotatable bonds is 6. The van der Waals surface area contributed by atoms with E-state index in [9.17, 15) is 4.79 Å². The quantitative estimate of drug-likeness (QED) is 0.476. The number of urea groups is 1. The lowest BCUT2D eigenvalue weighted by molar-refractivity contribution is 0.128. The third kappa shape index (κ3) is 5.71. The number of carbonyl (C=O) groups is 1. The molecule has 1 aliphatic heterocycles. The molecule has 3 nitrogen and oxygen atoms in total. The van der Waals surface area contributed by atoms with Crippen LogP contribution in [0.15, 0.2) is 24.3 Å². The van der Waals surface area contributed by atoms with Gasteiger partial charge < -0.3 is 9.80 Å². The van der Waals surface area contributed by atoms with Crippen LogP contribution in [0.4, 0.5) is 4.79 Å². The van der Waals surface area contributed by atoms with Gasteiger partial charge in [-0.3, -0.25) is 0 Å². The first-order valence-electron chi connectivity index (χ1n) is 9.03. The van der Waals surface area contributed by atoms with E-state index in [0.29, 0.717) is 0 Å². The maximum Gasteiger partial charge on any atom is 0.321 e. The normalized spacial score (nSPS) is 20.5. The number of amides is 2. The van der Waals surface area contributed by atoms with E-state index in [4.69, 9.17) is 0 Å². The minimum atomic E-state index is -0.170. The maximum absolute atomic E-state index is 12.8. The lowest BCUT2D eigenvalue weighted by Gasteiger charge is -2.36. The molecule has 0 saturated carbocycles. The molecule has 0 spiro atoms. The van der Waals surface area contributed by atoms with Crippen molar-refractivity contribution in [2.75, 3.05) is 6.54 Å². The summed E-state index contributed by atoms with van der Waals surface area (Å²) in [5.41, 5.74) is -0.309. The van der Waals surface area contributed by atoms with Gasteiger partial charge in [-0.15, -0.1) is 0 Å². The van der Waals surface area contributed by atoms with E-state index in [2.05, 4.69) is 72.8 Å². The molecule has 2 amide bonds. The Morgan fingerprint density at radius 3 is 2.22 bits per heavy atom. The van der Waals surface area contributed by atoms with Gasteiger partial charge in [0.2, 0.25) is 0 Å². The second-order valence-corrected chi connectivity index (χ2v) is 8.48. The molecule has 0 aliphatic carbocycles. The highest BCUT2D eigenvalue weighted by molar-refractivity contribution is 5.79. The van der Waals surface area contributed by atoms with Crippen LogP contribution in [0, 0.1) is 0 Å². The molecule has 1 rings (SSSR count). The Balaban J connectivity index is 2.76. The Morgan fingerprint density at radius 1 is 1.04 bits per heavy atom. The van der Waals surface area contributed by atoms with Crippen LogP contribution in [0.3, 0.4) is 0 Å². The van der Waals surface area contributed by atoms with E-state index < -0.39 is 0 Å². The minimum absolute atomic E-state index is 0.140. The van der Waals surface area contributed by atoms with E-state index in [-0.39, 0.29) is 23.2 Å². The molecule has 132 valence electrons. The monoisotopic (exact) mass is 320 g/mol. The van der Waals surface area contributed by atoms with Crippen LogP contribution >= 0.6 is 0 Å². The summed E-state index contributed by atoms with van der Waals surface area (Å²) in [6.45, 7) is 15.6. The summed E-state index contributed by atoms with van der Waals surface area (Å²) >= 11 is 0. The first-order valence-corrected chi connectivity index (χ1v) is 9.03. The lowest BCUT2D eigenvalue weighted by Crippen LogP contribution is -2.50. The van der Waals surface area contributed by atoms with Crippen molar-refractivity contribution in [3.63, 3.8) is 0 Å². The lowest BCUT2D eigenvalue weighted by atomic mass is 10.0. The molecule has 1 unspecified atom stereocenters. The van der Waals surface area contributed by atoms with Gasteiger partial charge in [-0.2, -0.15) is 0 Å². The van der Waals surface area contributed by atoms with Crippen LogP contribution in [-0.4, -0.2) is 39.5 Å². The maximum atomic E-state index is 12.8. The Labute approximate surface area is 143 Å². The number of carbonyl (C=O) groups excluding carboxylic acids is 1. The van der Waals surface area contributed by atoms with Crippen LogP contribution in [0.5, 0.6) is 0 Å². The zero-order valence-electron chi connectivity index (χ0n) is 16.2. The molecule has 0 bridgehead atoms. The number of hydrogen-bond donors (Lipinski definition) is 0. The second kappa shape index (κ2) is 8.03. The summed E-state index contributed by atoms with van der Waals surface area (Å²) < 4.78 is 0. The average molecular weight is 321 g/mol. The number of hydrogen-bond acceptors (Lipinski definition) is 1. The van der Waals surface area contributed by atoms with Crippen LogP contribution in [0.25, 0.3) is 0 Å². The highest BCUT2D eigenvalue weighted by atomic mass is 16.2. The van der Waals surface area contributed by atoms with Crippen LogP contribution in [0.1, 0.15) is 74.1 Å². The molecule has 1 heterocycles. The molecule has 3 heteroatoms. The predicted octanol–water partition coefficient (Wildman–Crippen LogP) is 5.38. The van der Waals surface area contributed by atoms with Gasteiger partial charge in [0.1, 0.15) is 0 Å². The summed E-state index contributed by atoms with van der Waals surface area (Å²) in [5, 5.41) is 0. The van der Waals surface area contributed by atoms with Gasteiger partial charge in [0.05, 0.1) is 6.04 Å². The fourth-order valence-corrected chi connectivity index (χ4v) is 2.99. The Hall–Kier alpha value is -1.25. The summed E-state index contributed by atoms with van der Waals surface area (Å²) in [4.78, 5) is 16.8. The van der Waals surface area contributed by atoms with Gasteiger partial charge in [-0.05, 0) is 54.4 Å². The van der Waals surface area contributed by atoms with Crippen LogP contribution < -0.4 is 0 Å². The molecule has 0 aromatic heterocycles. The van der Waals surface area contributed by atoms with E-state index >= 15 is 0 Å². The SMILES string of the molecule is CCCCC/C=C/C=C/C1CN(C(C)(C)C)C(=O)N1C(C)(C)C. The van der Waals surface area contributed by atoms with Gasteiger partial charge in [-0.25, -0.2) is 4.79 Å². The zero-order chi connectivity index (χ0) is 17.7. The van der Waals surface area contributed by atoms with Crippen molar-refractivity contribution in [1.82, 2.24) is 9.80 Å². The van der Waals surface area contributed by atoms with Crippen molar-refractivity contribution >= 4 is 6.03 Å². The molecule has 0 N–H and O–H groups in total. The number of nitrogens with zero attached hydrogens (tertiary/aromatic N) is 2. The smallest absolute Gasteiger partial charge is 0.317 e. The average Bonchev–Trinajstić information content (AvgIpc) is 2.74. The van der Waals surface area contributed by atoms with E-state index in [1.165, 1.54) is 19.3 Å². The Kier molecular flexibility index (Phi) is 6.91. The van der Waals surface area contributed by atoms with Crippen molar-refractivity contribution in [3.05, 3.63) is 24.3 Å². The highest BCUT2D eigenvalue weighted by Gasteiger charge is 2.45. The molecule has 0 aromatic carbocycles.